The van der Waals surface area contributed by atoms with Crippen molar-refractivity contribution in [2.45, 2.75) is 0 Å². The molecule has 0 aliphatic carbocycles. The van der Waals surface area contributed by atoms with Crippen molar-refractivity contribution in [1.29, 1.82) is 0 Å². The zero-order valence-electron chi connectivity index (χ0n) is 5.41. The van der Waals surface area contributed by atoms with E-state index in [1.807, 2.05) is 0 Å². The average molecular weight is 175 g/mol. The highest BCUT2D eigenvalue weighted by Gasteiger charge is 2.20. The third kappa shape index (κ3) is 1.57. The summed E-state index contributed by atoms with van der Waals surface area (Å²) in [7, 11) is -4.29. The Balaban J connectivity index is 3.23. The fourth-order valence-electron chi connectivity index (χ4n) is 0.721. The molecule has 0 saturated carbocycles. The molecule has 1 aromatic heterocycles. The molecule has 1 aromatic rings. The van der Waals surface area contributed by atoms with Gasteiger partial charge in [0.2, 0.25) is 6.41 Å². The van der Waals surface area contributed by atoms with Gasteiger partial charge in [-0.15, -0.1) is 0 Å². The molecule has 6 heteroatoms. The van der Waals surface area contributed by atoms with Crippen LogP contribution in [-0.4, -0.2) is 20.8 Å². The Morgan fingerprint density at radius 2 is 2.18 bits per heavy atom. The van der Waals surface area contributed by atoms with Crippen LogP contribution in [0.2, 0.25) is 0 Å². The molecule has 2 N–H and O–H groups in total. The van der Waals surface area contributed by atoms with Crippen molar-refractivity contribution in [3.8, 4) is 0 Å². The Morgan fingerprint density at radius 3 is 2.55 bits per heavy atom. The van der Waals surface area contributed by atoms with Crippen molar-refractivity contribution in [1.82, 2.24) is 4.57 Å². The Bertz CT molecular complexity index is 312. The van der Waals surface area contributed by atoms with Crippen molar-refractivity contribution in [3.05, 3.63) is 18.3 Å². The molecule has 0 atom stereocenters. The second-order valence-corrected chi connectivity index (χ2v) is 3.47. The highest BCUT2D eigenvalue weighted by atomic mass is 31.2. The van der Waals surface area contributed by atoms with Crippen molar-refractivity contribution in [2.24, 2.45) is 0 Å². The summed E-state index contributed by atoms with van der Waals surface area (Å²) >= 11 is 0. The van der Waals surface area contributed by atoms with E-state index in [4.69, 9.17) is 9.79 Å². The highest BCUT2D eigenvalue weighted by Crippen LogP contribution is 2.32. The summed E-state index contributed by atoms with van der Waals surface area (Å²) in [5, 5.41) is 0. The quantitative estimate of drug-likeness (QED) is 0.461. The molecule has 11 heavy (non-hydrogen) atoms. The normalized spacial score (nSPS) is 11.5. The first-order valence-corrected chi connectivity index (χ1v) is 4.35. The van der Waals surface area contributed by atoms with Crippen molar-refractivity contribution in [3.63, 3.8) is 0 Å². The zero-order chi connectivity index (χ0) is 8.48. The van der Waals surface area contributed by atoms with E-state index in [1.165, 1.54) is 18.3 Å². The van der Waals surface area contributed by atoms with Crippen molar-refractivity contribution in [2.75, 3.05) is 0 Å². The number of carbonyl (C=O) groups excluding carboxylic acids is 1. The van der Waals surface area contributed by atoms with E-state index in [2.05, 4.69) is 0 Å². The van der Waals surface area contributed by atoms with Gasteiger partial charge in [-0.2, -0.15) is 0 Å². The van der Waals surface area contributed by atoms with Crippen LogP contribution in [0.3, 0.4) is 0 Å². The lowest BCUT2D eigenvalue weighted by Crippen LogP contribution is -2.15. The maximum absolute atomic E-state index is 10.6. The van der Waals surface area contributed by atoms with Crippen LogP contribution in [0.15, 0.2) is 18.3 Å². The van der Waals surface area contributed by atoms with E-state index in [0.29, 0.717) is 6.41 Å². The summed E-state index contributed by atoms with van der Waals surface area (Å²) in [4.78, 5) is 27.4. The molecule has 0 radical (unpaired) electrons. The van der Waals surface area contributed by atoms with Crippen LogP contribution in [0.5, 0.6) is 0 Å². The van der Waals surface area contributed by atoms with Crippen molar-refractivity contribution < 1.29 is 19.1 Å². The lowest BCUT2D eigenvalue weighted by molar-refractivity contribution is 0.385. The van der Waals surface area contributed by atoms with Gasteiger partial charge in [0.05, 0.1) is 0 Å². The second-order valence-electron chi connectivity index (χ2n) is 1.92. The average Bonchev–Trinajstić information content (AvgIpc) is 2.31. The summed E-state index contributed by atoms with van der Waals surface area (Å²) in [5.74, 6) is 0. The van der Waals surface area contributed by atoms with E-state index in [0.717, 1.165) is 4.57 Å². The zero-order valence-corrected chi connectivity index (χ0v) is 6.31. The number of hydrogen-bond donors (Lipinski definition) is 2. The molecule has 0 fully saturated rings. The molecule has 5 nitrogen and oxygen atoms in total. The highest BCUT2D eigenvalue weighted by molar-refractivity contribution is 7.60. The minimum absolute atomic E-state index is 0.285. The number of rotatable bonds is 2. The summed E-state index contributed by atoms with van der Waals surface area (Å²) in [6.07, 6.45) is 1.62. The standard InChI is InChI=1S/C5H6NO4P/c7-4-6-3-1-2-5(6)11(8,9)10/h1-4H,(H2,8,9,10). The molecular formula is C5H6NO4P. The van der Waals surface area contributed by atoms with Crippen LogP contribution < -0.4 is 5.44 Å². The predicted octanol–water partition coefficient (Wildman–Crippen LogP) is -0.671. The van der Waals surface area contributed by atoms with Gasteiger partial charge in [0.15, 0.2) is 0 Å². The Kier molecular flexibility index (Phi) is 1.95. The number of nitrogens with zero attached hydrogens (tertiary/aromatic N) is 1. The van der Waals surface area contributed by atoms with Gasteiger partial charge in [-0.3, -0.25) is 13.9 Å². The molecular weight excluding hydrogens is 169 g/mol. The van der Waals surface area contributed by atoms with E-state index < -0.39 is 7.60 Å². The first-order chi connectivity index (χ1) is 5.05. The van der Waals surface area contributed by atoms with Gasteiger partial charge >= 0.3 is 7.60 Å². The fraction of sp³-hybridized carbons (Fsp3) is 0. The molecule has 60 valence electrons. The number of carbonyl (C=O) groups is 1. The van der Waals surface area contributed by atoms with Crippen LogP contribution in [-0.2, 0) is 9.36 Å². The van der Waals surface area contributed by atoms with E-state index in [9.17, 15) is 9.36 Å². The summed E-state index contributed by atoms with van der Waals surface area (Å²) in [5.41, 5.74) is -0.285. The van der Waals surface area contributed by atoms with Gasteiger partial charge in [0.25, 0.3) is 0 Å². The summed E-state index contributed by atoms with van der Waals surface area (Å²) < 4.78 is 11.4. The second kappa shape index (κ2) is 2.62. The molecule has 0 bridgehead atoms. The van der Waals surface area contributed by atoms with Crippen LogP contribution in [0, 0.1) is 0 Å². The van der Waals surface area contributed by atoms with E-state index in [-0.39, 0.29) is 5.44 Å². The van der Waals surface area contributed by atoms with Gasteiger partial charge in [0, 0.05) is 6.20 Å². The summed E-state index contributed by atoms with van der Waals surface area (Å²) in [6.45, 7) is 0. The third-order valence-corrected chi connectivity index (χ3v) is 2.15. The molecule has 0 amide bonds. The topological polar surface area (TPSA) is 79.5 Å². The molecule has 1 heterocycles. The first-order valence-electron chi connectivity index (χ1n) is 2.74. The minimum atomic E-state index is -4.29. The molecule has 0 unspecified atom stereocenters. The van der Waals surface area contributed by atoms with Crippen LogP contribution >= 0.6 is 7.60 Å². The van der Waals surface area contributed by atoms with Crippen LogP contribution in [0.1, 0.15) is 0 Å². The molecule has 0 aliphatic rings. The maximum Gasteiger partial charge on any atom is 0.372 e. The van der Waals surface area contributed by atoms with Gasteiger partial charge in [-0.1, -0.05) is 0 Å². The molecule has 0 aromatic carbocycles. The lowest BCUT2D eigenvalue weighted by Gasteiger charge is -2.02. The Labute approximate surface area is 62.4 Å². The maximum atomic E-state index is 10.6. The smallest absolute Gasteiger partial charge is 0.320 e. The SMILES string of the molecule is O=Cn1cccc1P(=O)(O)O. The third-order valence-electron chi connectivity index (χ3n) is 1.17. The van der Waals surface area contributed by atoms with Gasteiger partial charge < -0.3 is 9.79 Å². The van der Waals surface area contributed by atoms with Gasteiger partial charge in [0.1, 0.15) is 5.44 Å². The van der Waals surface area contributed by atoms with Crippen LogP contribution in [0.25, 0.3) is 0 Å². The lowest BCUT2D eigenvalue weighted by atomic mass is 10.7. The van der Waals surface area contributed by atoms with E-state index >= 15 is 0 Å². The Hall–Kier alpha value is -0.900. The molecule has 0 aliphatic heterocycles. The van der Waals surface area contributed by atoms with E-state index in [1.54, 1.807) is 0 Å². The fourth-order valence-corrected chi connectivity index (χ4v) is 1.42. The summed E-state index contributed by atoms with van der Waals surface area (Å²) in [6, 6.07) is 2.60. The molecule has 0 spiro atoms. The number of hydrogen-bond acceptors (Lipinski definition) is 2. The van der Waals surface area contributed by atoms with Gasteiger partial charge in [-0.25, -0.2) is 0 Å². The predicted molar refractivity (Wildman–Crippen MR) is 38.3 cm³/mol. The monoisotopic (exact) mass is 175 g/mol. The number of aromatic nitrogens is 1. The largest absolute Gasteiger partial charge is 0.372 e. The van der Waals surface area contributed by atoms with Crippen molar-refractivity contribution >= 4 is 19.4 Å². The van der Waals surface area contributed by atoms with Gasteiger partial charge in [-0.05, 0) is 12.1 Å². The minimum Gasteiger partial charge on any atom is -0.320 e. The first kappa shape index (κ1) is 8.20. The molecule has 0 saturated heterocycles. The van der Waals surface area contributed by atoms with Crippen LogP contribution in [0.4, 0.5) is 0 Å². The Morgan fingerprint density at radius 1 is 1.55 bits per heavy atom. The molecule has 1 rings (SSSR count).